The van der Waals surface area contributed by atoms with Gasteiger partial charge in [0.2, 0.25) is 0 Å². The first-order valence-electron chi connectivity index (χ1n) is 7.16. The van der Waals surface area contributed by atoms with Gasteiger partial charge in [-0.25, -0.2) is 9.97 Å². The summed E-state index contributed by atoms with van der Waals surface area (Å²) < 4.78 is 2.27. The van der Waals surface area contributed by atoms with E-state index in [2.05, 4.69) is 20.6 Å². The van der Waals surface area contributed by atoms with Crippen LogP contribution in [0.15, 0.2) is 12.1 Å². The molecule has 102 valence electrons. The minimum absolute atomic E-state index is 0.616. The molecule has 4 heteroatoms. The normalized spacial score (nSPS) is 15.3. The number of aryl methyl sites for hydroxylation is 3. The summed E-state index contributed by atoms with van der Waals surface area (Å²) in [5.74, 6) is 2.69. The number of nitrogens with zero attached hydrogens (tertiary/aromatic N) is 3. The predicted molar refractivity (Wildman–Crippen MR) is 78.6 cm³/mol. The summed E-state index contributed by atoms with van der Waals surface area (Å²) in [5.41, 5.74) is 3.07. The summed E-state index contributed by atoms with van der Waals surface area (Å²) in [6.07, 6.45) is 6.24. The molecule has 1 fully saturated rings. The van der Waals surface area contributed by atoms with Gasteiger partial charge in [0.25, 0.3) is 0 Å². The Morgan fingerprint density at radius 1 is 1.32 bits per heavy atom. The number of hydrogen-bond donors (Lipinski definition) is 0. The van der Waals surface area contributed by atoms with Gasteiger partial charge < -0.3 is 4.57 Å². The molecule has 0 amide bonds. The molecule has 2 aromatic rings. The van der Waals surface area contributed by atoms with Gasteiger partial charge >= 0.3 is 0 Å². The topological polar surface area (TPSA) is 30.7 Å². The Morgan fingerprint density at radius 2 is 2.16 bits per heavy atom. The molecule has 0 bridgehead atoms. The molecule has 0 radical (unpaired) electrons. The van der Waals surface area contributed by atoms with Gasteiger partial charge in [-0.1, -0.05) is 12.8 Å². The van der Waals surface area contributed by atoms with Crippen molar-refractivity contribution in [2.75, 3.05) is 5.88 Å². The summed E-state index contributed by atoms with van der Waals surface area (Å²) >= 11 is 5.89. The molecular weight excluding hydrogens is 258 g/mol. The number of rotatable bonds is 6. The van der Waals surface area contributed by atoms with Gasteiger partial charge in [0.15, 0.2) is 5.65 Å². The fourth-order valence-electron chi connectivity index (χ4n) is 2.60. The van der Waals surface area contributed by atoms with Gasteiger partial charge in [-0.3, -0.25) is 0 Å². The first-order valence-corrected chi connectivity index (χ1v) is 7.70. The van der Waals surface area contributed by atoms with Crippen LogP contribution >= 0.6 is 11.6 Å². The Hall–Kier alpha value is -1.09. The molecule has 0 saturated heterocycles. The number of imidazole rings is 1. The molecule has 0 spiro atoms. The van der Waals surface area contributed by atoms with Gasteiger partial charge in [-0.15, -0.1) is 11.6 Å². The summed E-state index contributed by atoms with van der Waals surface area (Å²) in [6.45, 7) is 3.05. The molecule has 0 unspecified atom stereocenters. The lowest BCUT2D eigenvalue weighted by Gasteiger charge is -2.07. The molecule has 1 aliphatic rings. The predicted octanol–water partition coefficient (Wildman–Crippen LogP) is 3.71. The lowest BCUT2D eigenvalue weighted by Crippen LogP contribution is -2.06. The number of pyridine rings is 1. The van der Waals surface area contributed by atoms with E-state index in [0.717, 1.165) is 41.6 Å². The van der Waals surface area contributed by atoms with E-state index in [4.69, 9.17) is 11.6 Å². The second kappa shape index (κ2) is 5.49. The van der Waals surface area contributed by atoms with Crippen LogP contribution in [0.5, 0.6) is 0 Å². The Kier molecular flexibility index (Phi) is 3.74. The molecule has 0 atom stereocenters. The molecule has 2 heterocycles. The van der Waals surface area contributed by atoms with Crippen molar-refractivity contribution in [3.05, 3.63) is 23.7 Å². The molecule has 0 aromatic carbocycles. The van der Waals surface area contributed by atoms with E-state index in [9.17, 15) is 0 Å². The van der Waals surface area contributed by atoms with Gasteiger partial charge in [0.1, 0.15) is 11.3 Å². The zero-order valence-corrected chi connectivity index (χ0v) is 12.2. The van der Waals surface area contributed by atoms with E-state index < -0.39 is 0 Å². The Labute approximate surface area is 119 Å². The molecule has 3 nitrogen and oxygen atoms in total. The van der Waals surface area contributed by atoms with E-state index in [0.29, 0.717) is 5.88 Å². The zero-order chi connectivity index (χ0) is 13.2. The highest BCUT2D eigenvalue weighted by atomic mass is 35.5. The number of hydrogen-bond acceptors (Lipinski definition) is 2. The highest BCUT2D eigenvalue weighted by Gasteiger charge is 2.20. The highest BCUT2D eigenvalue weighted by Crippen LogP contribution is 2.33. The third kappa shape index (κ3) is 2.92. The van der Waals surface area contributed by atoms with Crippen LogP contribution in [0.4, 0.5) is 0 Å². The van der Waals surface area contributed by atoms with Crippen LogP contribution in [0.2, 0.25) is 0 Å². The van der Waals surface area contributed by atoms with Crippen LogP contribution < -0.4 is 0 Å². The fraction of sp³-hybridized carbons (Fsp3) is 0.600. The number of aromatic nitrogens is 3. The van der Waals surface area contributed by atoms with E-state index in [-0.39, 0.29) is 0 Å². The van der Waals surface area contributed by atoms with Gasteiger partial charge in [0, 0.05) is 24.5 Å². The minimum atomic E-state index is 0.616. The first kappa shape index (κ1) is 12.9. The SMILES string of the molecule is Cc1ccc2nc(CCCl)n(CCCC3CC3)c2n1. The summed E-state index contributed by atoms with van der Waals surface area (Å²) in [5, 5.41) is 0. The largest absolute Gasteiger partial charge is 0.313 e. The Morgan fingerprint density at radius 3 is 2.89 bits per heavy atom. The number of fused-ring (bicyclic) bond motifs is 1. The van der Waals surface area contributed by atoms with E-state index in [1.807, 2.05) is 13.0 Å². The molecular formula is C15H20ClN3. The quantitative estimate of drug-likeness (QED) is 0.754. The third-order valence-electron chi connectivity index (χ3n) is 3.82. The van der Waals surface area contributed by atoms with Crippen molar-refractivity contribution < 1.29 is 0 Å². The van der Waals surface area contributed by atoms with Crippen LogP contribution in [-0.2, 0) is 13.0 Å². The van der Waals surface area contributed by atoms with Crippen LogP contribution in [0.1, 0.15) is 37.2 Å². The molecule has 3 rings (SSSR count). The minimum Gasteiger partial charge on any atom is -0.313 e. The van der Waals surface area contributed by atoms with Crippen molar-refractivity contribution >= 4 is 22.8 Å². The van der Waals surface area contributed by atoms with Crippen molar-refractivity contribution in [3.8, 4) is 0 Å². The molecule has 2 aromatic heterocycles. The molecule has 0 N–H and O–H groups in total. The molecule has 0 aliphatic heterocycles. The Balaban J connectivity index is 1.87. The van der Waals surface area contributed by atoms with Crippen molar-refractivity contribution in [2.45, 2.75) is 45.6 Å². The maximum absolute atomic E-state index is 5.89. The van der Waals surface area contributed by atoms with Crippen molar-refractivity contribution in [3.63, 3.8) is 0 Å². The van der Waals surface area contributed by atoms with Crippen LogP contribution in [0, 0.1) is 12.8 Å². The third-order valence-corrected chi connectivity index (χ3v) is 4.01. The smallest absolute Gasteiger partial charge is 0.160 e. The van der Waals surface area contributed by atoms with Gasteiger partial charge in [-0.05, 0) is 37.8 Å². The van der Waals surface area contributed by atoms with Crippen molar-refractivity contribution in [1.82, 2.24) is 14.5 Å². The van der Waals surface area contributed by atoms with Crippen LogP contribution in [-0.4, -0.2) is 20.4 Å². The van der Waals surface area contributed by atoms with E-state index in [1.165, 1.54) is 25.7 Å². The second-order valence-corrected chi connectivity index (χ2v) is 5.88. The Bertz CT molecular complexity index is 572. The van der Waals surface area contributed by atoms with Gasteiger partial charge in [0.05, 0.1) is 0 Å². The second-order valence-electron chi connectivity index (χ2n) is 5.50. The average molecular weight is 278 g/mol. The van der Waals surface area contributed by atoms with Crippen LogP contribution in [0.3, 0.4) is 0 Å². The monoisotopic (exact) mass is 277 g/mol. The van der Waals surface area contributed by atoms with Gasteiger partial charge in [-0.2, -0.15) is 0 Å². The lowest BCUT2D eigenvalue weighted by molar-refractivity contribution is 0.569. The summed E-state index contributed by atoms with van der Waals surface area (Å²) in [7, 11) is 0. The van der Waals surface area contributed by atoms with E-state index >= 15 is 0 Å². The van der Waals surface area contributed by atoms with Crippen molar-refractivity contribution in [2.24, 2.45) is 5.92 Å². The summed E-state index contributed by atoms with van der Waals surface area (Å²) in [6, 6.07) is 4.08. The van der Waals surface area contributed by atoms with Crippen molar-refractivity contribution in [1.29, 1.82) is 0 Å². The average Bonchev–Trinajstić information content (AvgIpc) is 3.15. The fourth-order valence-corrected chi connectivity index (χ4v) is 2.77. The highest BCUT2D eigenvalue weighted by molar-refractivity contribution is 6.17. The maximum Gasteiger partial charge on any atom is 0.160 e. The first-order chi connectivity index (χ1) is 9.28. The van der Waals surface area contributed by atoms with E-state index in [1.54, 1.807) is 0 Å². The maximum atomic E-state index is 5.89. The van der Waals surface area contributed by atoms with Crippen LogP contribution in [0.25, 0.3) is 11.2 Å². The summed E-state index contributed by atoms with van der Waals surface area (Å²) in [4.78, 5) is 9.32. The number of halogens is 1. The molecule has 1 saturated carbocycles. The molecule has 19 heavy (non-hydrogen) atoms. The lowest BCUT2D eigenvalue weighted by atomic mass is 10.2. The molecule has 1 aliphatic carbocycles. The number of alkyl halides is 1. The standard InChI is InChI=1S/C15H20ClN3/c1-11-4-7-13-15(17-11)19(14(18-13)8-9-16)10-2-3-12-5-6-12/h4,7,12H,2-3,5-6,8-10H2,1H3. The zero-order valence-electron chi connectivity index (χ0n) is 11.4.